The lowest BCUT2D eigenvalue weighted by Gasteiger charge is -2.14. The number of fused-ring (bicyclic) bond motifs is 1. The number of benzene rings is 8. The number of thiocarbonyl (C=S) groups is 1. The smallest absolute Gasteiger partial charge is 0.310 e. The number of aliphatic hydroxyl groups excluding tert-OH is 2. The Hall–Kier alpha value is -5.00. The molecule has 0 unspecified atom stereocenters. The molecule has 23 heteroatoms. The zero-order valence-electron chi connectivity index (χ0n) is 58.6. The lowest BCUT2D eigenvalue weighted by Crippen LogP contribution is -2.18. The predicted octanol–water partition coefficient (Wildman–Crippen LogP) is 19.8. The van der Waals surface area contributed by atoms with Gasteiger partial charge in [-0.25, -0.2) is 0 Å². The number of carbonyl (C=O) groups excluding carboxylic acids is 4. The van der Waals surface area contributed by atoms with Gasteiger partial charge >= 0.3 is 5.97 Å². The van der Waals surface area contributed by atoms with E-state index in [4.69, 9.17) is 54.7 Å². The molecule has 0 aliphatic carbocycles. The van der Waals surface area contributed by atoms with E-state index in [-0.39, 0.29) is 67.4 Å². The molecule has 8 aromatic carbocycles. The number of nitrogens with two attached hydrogens (primary N) is 4. The maximum Gasteiger partial charge on any atom is 0.310 e. The second-order valence-corrected chi connectivity index (χ2v) is 40.6. The van der Waals surface area contributed by atoms with Crippen LogP contribution in [0.15, 0.2) is 218 Å². The van der Waals surface area contributed by atoms with E-state index in [0.717, 1.165) is 109 Å². The number of aryl methyl sites for hydroxylation is 3. The molecule has 560 valence electrons. The summed E-state index contributed by atoms with van der Waals surface area (Å²) < 4.78 is 9.63. The maximum absolute atomic E-state index is 12.2. The molecule has 0 radical (unpaired) electrons. The minimum atomic E-state index is -0.183. The third-order valence-corrected chi connectivity index (χ3v) is 15.8. The lowest BCUT2D eigenvalue weighted by atomic mass is 9.99. The number of alkyl halides is 3. The Morgan fingerprint density at radius 2 is 0.835 bits per heavy atom. The molecule has 0 atom stereocenters. The molecule has 0 saturated carbocycles. The van der Waals surface area contributed by atoms with E-state index in [9.17, 15) is 24.3 Å². The van der Waals surface area contributed by atoms with Gasteiger partial charge in [0.05, 0.1) is 18.4 Å². The molecule has 1 saturated heterocycles. The van der Waals surface area contributed by atoms with Gasteiger partial charge in [-0.05, 0) is 197 Å². The fraction of sp³-hybridized carbons (Fsp3) is 0.325. The Bertz CT molecular complexity index is 3390. The van der Waals surface area contributed by atoms with Gasteiger partial charge in [0, 0.05) is 69.4 Å². The summed E-state index contributed by atoms with van der Waals surface area (Å²) in [4.78, 5) is 47.1. The normalized spacial score (nSPS) is 11.0. The first-order valence-electron chi connectivity index (χ1n) is 33.4. The second-order valence-electron chi connectivity index (χ2n) is 22.4. The van der Waals surface area contributed by atoms with Crippen molar-refractivity contribution in [1.29, 1.82) is 5.41 Å². The van der Waals surface area contributed by atoms with Crippen LogP contribution in [0.3, 0.4) is 0 Å². The summed E-state index contributed by atoms with van der Waals surface area (Å²) in [5.74, 6) is 1.35. The first kappa shape index (κ1) is 98.0. The van der Waals surface area contributed by atoms with Crippen molar-refractivity contribution in [3.63, 3.8) is 0 Å². The fourth-order valence-corrected chi connectivity index (χ4v) is 10.8. The summed E-state index contributed by atoms with van der Waals surface area (Å²) >= 11 is 27.9. The SMILES string of the molecule is Br.BrP(Br)Br.C1CCOC1.CCO.ClCCl.N=C(N)SCc1ccccc1CC(=O)CCCc1ccccc1.NC(N)=S.NCCc1ccccc1.O=C(CCCc1ccccc1)Cc1ccccc1CBr.O=C(CCCc1ccccc1)Cc1ccccc1CO.O=C1Cc2ccccc2CO1. The van der Waals surface area contributed by atoms with Crippen LogP contribution in [-0.4, -0.2) is 75.5 Å². The molecular weight excluding hydrogens is 1720 g/mol. The van der Waals surface area contributed by atoms with Crippen LogP contribution in [0.4, 0.5) is 0 Å². The van der Waals surface area contributed by atoms with E-state index in [0.29, 0.717) is 63.1 Å². The first-order valence-corrected chi connectivity index (χ1v) is 44.4. The number of aliphatic hydroxyl groups is 2. The van der Waals surface area contributed by atoms with E-state index in [1.165, 1.54) is 52.4 Å². The van der Waals surface area contributed by atoms with Gasteiger partial charge < -0.3 is 42.6 Å². The molecule has 2 aliphatic heterocycles. The van der Waals surface area contributed by atoms with Crippen molar-refractivity contribution >= 4 is 164 Å². The minimum Gasteiger partial charge on any atom is -0.461 e. The third kappa shape index (κ3) is 54.3. The topological polar surface area (TPSA) is 255 Å². The van der Waals surface area contributed by atoms with Gasteiger partial charge in [0.25, 0.3) is 0 Å². The maximum atomic E-state index is 12.2. The highest BCUT2D eigenvalue weighted by Gasteiger charge is 2.15. The van der Waals surface area contributed by atoms with E-state index in [1.807, 2.05) is 164 Å². The zero-order chi connectivity index (χ0) is 75.2. The molecule has 13 nitrogen and oxygen atoms in total. The quantitative estimate of drug-likeness (QED) is 0.00742. The molecule has 2 aliphatic rings. The average molecular weight is 1830 g/mol. The molecule has 8 aromatic rings. The van der Waals surface area contributed by atoms with Crippen LogP contribution in [0.25, 0.3) is 0 Å². The van der Waals surface area contributed by atoms with Crippen molar-refractivity contribution in [2.24, 2.45) is 22.9 Å². The van der Waals surface area contributed by atoms with E-state index < -0.39 is 0 Å². The lowest BCUT2D eigenvalue weighted by molar-refractivity contribution is -0.145. The van der Waals surface area contributed by atoms with Gasteiger partial charge in [-0.1, -0.05) is 246 Å². The number of ketones is 3. The van der Waals surface area contributed by atoms with Crippen molar-refractivity contribution in [3.8, 4) is 0 Å². The standard InChI is InChI=1S/C19H22N2OS.C18H19BrO.C18H20O2.C9H8O2.C8H11N.C4H8O.C2H6O.CH2Cl2.CH4N2S.Br3P.BrH/c20-19(21)23-14-17-11-5-4-10-16(17)13-18(22)12-6-9-15-7-2-1-3-8-15;2*19-14-17-11-5-4-10-16(17)13-18(20)12-6-9-15-7-2-1-3-8-15;10-9-5-7-3-1-2-4-8(7)6-11-9;9-7-6-8-4-2-1-3-5-8;1-2-4-5-3-1;1-2-3;2-1-3;2-1(3)4;1-4(2)3;/h1-5,7-8,10-11H,6,9,12-14H2,(H3,20,21);1-5,7-8,10-11H,6,9,12-14H2;1-5,7-8,10-11,19H,6,9,12-14H2;1-4H,5-6H2;1-5H,6-7,9H2;1-4H2;3H,2H2,1H3;1H2;(H4,2,3,4);;1H. The molecule has 1 fully saturated rings. The number of thioether (sulfide) groups is 1. The molecule has 0 bridgehead atoms. The summed E-state index contributed by atoms with van der Waals surface area (Å²) in [7, 11) is 0. The van der Waals surface area contributed by atoms with Gasteiger partial charge in [0.15, 0.2) is 10.3 Å². The minimum absolute atomic E-state index is 0. The Morgan fingerprint density at radius 3 is 1.17 bits per heavy atom. The molecule has 2 heterocycles. The fourth-order valence-electron chi connectivity index (χ4n) is 9.63. The number of Topliss-reactive ketones (excluding diaryl/α,β-unsaturated/α-hetero) is 3. The molecule has 0 aromatic heterocycles. The third-order valence-electron chi connectivity index (χ3n) is 14.5. The van der Waals surface area contributed by atoms with Crippen LogP contribution < -0.4 is 22.9 Å². The van der Waals surface area contributed by atoms with Gasteiger partial charge in [-0.3, -0.25) is 24.6 Å². The summed E-state index contributed by atoms with van der Waals surface area (Å²) in [5.41, 5.74) is 33.7. The summed E-state index contributed by atoms with van der Waals surface area (Å²) in [6.07, 6.45) is 12.8. The number of esters is 1. The molecule has 0 amide bonds. The Labute approximate surface area is 675 Å². The summed E-state index contributed by atoms with van der Waals surface area (Å²) in [5, 5.41) is 25.2. The number of amidine groups is 1. The molecule has 11 N–H and O–H groups in total. The number of nitrogens with one attached hydrogen (secondary N) is 1. The van der Waals surface area contributed by atoms with Crippen LogP contribution >= 0.6 is 131 Å². The number of hydrogen-bond donors (Lipinski definition) is 7. The van der Waals surface area contributed by atoms with Gasteiger partial charge in [-0.2, -0.15) is 0 Å². The monoisotopic (exact) mass is 1820 g/mol. The van der Waals surface area contributed by atoms with Crippen LogP contribution in [0, 0.1) is 5.41 Å². The van der Waals surface area contributed by atoms with Gasteiger partial charge in [0.2, 0.25) is 0 Å². The van der Waals surface area contributed by atoms with Gasteiger partial charge in [0.1, 0.15) is 28.0 Å². The van der Waals surface area contributed by atoms with Crippen molar-refractivity contribution in [2.75, 3.05) is 31.7 Å². The van der Waals surface area contributed by atoms with E-state index in [2.05, 4.69) is 141 Å². The number of rotatable bonds is 24. The highest BCUT2D eigenvalue weighted by Crippen LogP contribution is 2.59. The number of carbonyl (C=O) groups is 4. The predicted molar refractivity (Wildman–Crippen MR) is 459 cm³/mol. The highest BCUT2D eigenvalue weighted by molar-refractivity contribution is 9.93. The van der Waals surface area contributed by atoms with Gasteiger partial charge in [-0.15, -0.1) is 40.2 Å². The van der Waals surface area contributed by atoms with Crippen molar-refractivity contribution in [3.05, 3.63) is 285 Å². The van der Waals surface area contributed by atoms with Crippen LogP contribution in [-0.2, 0) is 104 Å². The number of cyclic esters (lactones) is 1. The highest BCUT2D eigenvalue weighted by atomic mass is 80.0. The van der Waals surface area contributed by atoms with E-state index in [1.54, 1.807) is 6.92 Å². The number of halogens is 7. The second kappa shape index (κ2) is 66.4. The summed E-state index contributed by atoms with van der Waals surface area (Å²) in [6, 6.07) is 72.5. The number of hydrogen-bond acceptors (Lipinski definition) is 12. The molecule has 103 heavy (non-hydrogen) atoms. The largest absolute Gasteiger partial charge is 0.461 e. The Kier molecular flexibility index (Phi) is 63.2. The van der Waals surface area contributed by atoms with E-state index >= 15 is 0 Å². The van der Waals surface area contributed by atoms with Crippen molar-refractivity contribution in [2.45, 2.75) is 134 Å². The van der Waals surface area contributed by atoms with Crippen molar-refractivity contribution < 1.29 is 38.9 Å². The molecular formula is C80H101Br5Cl2N5O8PS2. The average Bonchev–Trinajstić information content (AvgIpc) is 1.25. The summed E-state index contributed by atoms with van der Waals surface area (Å²) in [6.45, 7) is 5.10. The number of ether oxygens (including phenoxy) is 2. The van der Waals surface area contributed by atoms with Crippen LogP contribution in [0.1, 0.15) is 125 Å². The Balaban J connectivity index is 0.00000121. The zero-order valence-corrected chi connectivity index (χ0v) is 70.7. The van der Waals surface area contributed by atoms with Crippen molar-refractivity contribution in [1.82, 2.24) is 0 Å². The Morgan fingerprint density at radius 1 is 0.534 bits per heavy atom. The van der Waals surface area contributed by atoms with Crippen LogP contribution in [0.5, 0.6) is 0 Å². The first-order chi connectivity index (χ1) is 49.3. The molecule has 10 rings (SSSR count). The van der Waals surface area contributed by atoms with Crippen LogP contribution in [0.2, 0.25) is 0 Å². The molecule has 0 spiro atoms.